The smallest absolute Gasteiger partial charge is 0.170 e. The first-order valence-electron chi connectivity index (χ1n) is 9.14. The minimum Gasteiger partial charge on any atom is -0.492 e. The predicted molar refractivity (Wildman–Crippen MR) is 117 cm³/mol. The van der Waals surface area contributed by atoms with Gasteiger partial charge in [-0.2, -0.15) is 0 Å². The molecule has 3 rings (SSSR count). The third kappa shape index (κ3) is 5.31. The van der Waals surface area contributed by atoms with Gasteiger partial charge in [0.05, 0.1) is 12.3 Å². The van der Waals surface area contributed by atoms with E-state index in [4.69, 9.17) is 17.0 Å². The monoisotopic (exact) mass is 376 g/mol. The Morgan fingerprint density at radius 3 is 2.00 bits per heavy atom. The average Bonchev–Trinajstić information content (AvgIpc) is 2.71. The Bertz CT molecular complexity index is 813. The second-order valence-electron chi connectivity index (χ2n) is 6.14. The summed E-state index contributed by atoms with van der Waals surface area (Å²) < 4.78 is 5.65. The Balaban J connectivity index is 1.70. The van der Waals surface area contributed by atoms with Crippen molar-refractivity contribution in [3.63, 3.8) is 0 Å². The first kappa shape index (κ1) is 18.9. The molecule has 0 bridgehead atoms. The number of hydrogen-bond donors (Lipinski definition) is 2. The van der Waals surface area contributed by atoms with E-state index in [9.17, 15) is 0 Å². The van der Waals surface area contributed by atoms with Crippen LogP contribution in [-0.2, 0) is 0 Å². The van der Waals surface area contributed by atoms with Crippen LogP contribution in [0.4, 0.5) is 5.69 Å². The van der Waals surface area contributed by atoms with Crippen LogP contribution in [-0.4, -0.2) is 18.3 Å². The van der Waals surface area contributed by atoms with E-state index in [-0.39, 0.29) is 5.92 Å². The molecule has 0 atom stereocenters. The highest BCUT2D eigenvalue weighted by Crippen LogP contribution is 2.25. The summed E-state index contributed by atoms with van der Waals surface area (Å²) in [4.78, 5) is 0. The number of rotatable bonds is 7. The minimum absolute atomic E-state index is 0.217. The van der Waals surface area contributed by atoms with Crippen LogP contribution in [0, 0.1) is 0 Å². The molecular formula is C23H24N2OS. The van der Waals surface area contributed by atoms with Crippen molar-refractivity contribution in [2.45, 2.75) is 12.8 Å². The maximum Gasteiger partial charge on any atom is 0.170 e. The summed E-state index contributed by atoms with van der Waals surface area (Å²) in [5.74, 6) is 1.01. The third-order valence-corrected chi connectivity index (χ3v) is 4.55. The van der Waals surface area contributed by atoms with Crippen LogP contribution in [0.5, 0.6) is 5.75 Å². The molecule has 2 N–H and O–H groups in total. The van der Waals surface area contributed by atoms with Crippen molar-refractivity contribution in [1.29, 1.82) is 0 Å². The van der Waals surface area contributed by atoms with Crippen molar-refractivity contribution < 1.29 is 4.74 Å². The summed E-state index contributed by atoms with van der Waals surface area (Å²) in [5.41, 5.74) is 3.38. The molecule has 0 aromatic heterocycles. The zero-order chi connectivity index (χ0) is 18.9. The van der Waals surface area contributed by atoms with E-state index in [2.05, 4.69) is 59.2 Å². The largest absolute Gasteiger partial charge is 0.492 e. The molecule has 27 heavy (non-hydrogen) atoms. The van der Waals surface area contributed by atoms with Gasteiger partial charge in [-0.3, -0.25) is 0 Å². The van der Waals surface area contributed by atoms with Gasteiger partial charge >= 0.3 is 0 Å². The van der Waals surface area contributed by atoms with Crippen LogP contribution >= 0.6 is 12.2 Å². The number of nitrogens with one attached hydrogen (secondary N) is 2. The first-order valence-corrected chi connectivity index (χ1v) is 9.55. The van der Waals surface area contributed by atoms with Gasteiger partial charge in [0.2, 0.25) is 0 Å². The molecule has 0 spiro atoms. The van der Waals surface area contributed by atoms with Crippen molar-refractivity contribution in [2.24, 2.45) is 0 Å². The van der Waals surface area contributed by atoms with Gasteiger partial charge in [0.25, 0.3) is 0 Å². The molecule has 0 aliphatic carbocycles. The topological polar surface area (TPSA) is 33.3 Å². The Kier molecular flexibility index (Phi) is 6.83. The van der Waals surface area contributed by atoms with Gasteiger partial charge in [-0.05, 0) is 42.4 Å². The number of anilines is 1. The number of ether oxygens (including phenoxy) is 1. The lowest BCUT2D eigenvalue weighted by atomic mass is 9.91. The SMILES string of the molecule is CCOc1ccccc1NC(=S)NCC(c1ccccc1)c1ccccc1. The minimum atomic E-state index is 0.217. The molecular weight excluding hydrogens is 352 g/mol. The third-order valence-electron chi connectivity index (χ3n) is 4.31. The molecule has 0 aliphatic heterocycles. The van der Waals surface area contributed by atoms with Gasteiger partial charge in [-0.25, -0.2) is 0 Å². The van der Waals surface area contributed by atoms with E-state index in [1.54, 1.807) is 0 Å². The van der Waals surface area contributed by atoms with Crippen molar-refractivity contribution >= 4 is 23.0 Å². The van der Waals surface area contributed by atoms with Gasteiger partial charge < -0.3 is 15.4 Å². The normalized spacial score (nSPS) is 10.4. The number of para-hydroxylation sites is 2. The van der Waals surface area contributed by atoms with Crippen LogP contribution in [0.3, 0.4) is 0 Å². The van der Waals surface area contributed by atoms with Gasteiger partial charge in [-0.15, -0.1) is 0 Å². The molecule has 0 saturated heterocycles. The second-order valence-corrected chi connectivity index (χ2v) is 6.55. The van der Waals surface area contributed by atoms with E-state index in [0.29, 0.717) is 18.3 Å². The summed E-state index contributed by atoms with van der Waals surface area (Å²) in [7, 11) is 0. The summed E-state index contributed by atoms with van der Waals surface area (Å²) in [5, 5.41) is 7.19. The molecule has 0 amide bonds. The summed E-state index contributed by atoms with van der Waals surface area (Å²) in [6.07, 6.45) is 0. The lowest BCUT2D eigenvalue weighted by Gasteiger charge is -2.20. The van der Waals surface area contributed by atoms with E-state index in [0.717, 1.165) is 11.4 Å². The fourth-order valence-corrected chi connectivity index (χ4v) is 3.20. The van der Waals surface area contributed by atoms with Crippen molar-refractivity contribution in [2.75, 3.05) is 18.5 Å². The maximum atomic E-state index is 5.65. The number of benzene rings is 3. The molecule has 3 nitrogen and oxygen atoms in total. The Morgan fingerprint density at radius 2 is 1.41 bits per heavy atom. The quantitative estimate of drug-likeness (QED) is 0.555. The highest BCUT2D eigenvalue weighted by Gasteiger charge is 2.14. The Morgan fingerprint density at radius 1 is 0.852 bits per heavy atom. The molecule has 3 aromatic rings. The van der Waals surface area contributed by atoms with Crippen LogP contribution in [0.1, 0.15) is 24.0 Å². The standard InChI is InChI=1S/C23H24N2OS/c1-2-26-22-16-10-9-15-21(22)25-23(27)24-17-20(18-11-5-3-6-12-18)19-13-7-4-8-14-19/h3-16,20H,2,17H2,1H3,(H2,24,25,27). The zero-order valence-electron chi connectivity index (χ0n) is 15.4. The average molecular weight is 377 g/mol. The van der Waals surface area contributed by atoms with Crippen molar-refractivity contribution in [3.05, 3.63) is 96.1 Å². The van der Waals surface area contributed by atoms with Crippen LogP contribution in [0.15, 0.2) is 84.9 Å². The van der Waals surface area contributed by atoms with Gasteiger partial charge in [0.1, 0.15) is 5.75 Å². The fraction of sp³-hybridized carbons (Fsp3) is 0.174. The second kappa shape index (κ2) is 9.74. The lowest BCUT2D eigenvalue weighted by Crippen LogP contribution is -2.32. The number of hydrogen-bond acceptors (Lipinski definition) is 2. The Labute approximate surface area is 166 Å². The van der Waals surface area contributed by atoms with Gasteiger partial charge in [0.15, 0.2) is 5.11 Å². The molecule has 3 aromatic carbocycles. The highest BCUT2D eigenvalue weighted by molar-refractivity contribution is 7.80. The van der Waals surface area contributed by atoms with Gasteiger partial charge in [0, 0.05) is 12.5 Å². The van der Waals surface area contributed by atoms with Gasteiger partial charge in [-0.1, -0.05) is 72.8 Å². The van der Waals surface area contributed by atoms with Crippen LogP contribution < -0.4 is 15.4 Å². The van der Waals surface area contributed by atoms with E-state index >= 15 is 0 Å². The first-order chi connectivity index (χ1) is 13.3. The lowest BCUT2D eigenvalue weighted by molar-refractivity contribution is 0.342. The molecule has 0 aliphatic rings. The van der Waals surface area contributed by atoms with E-state index in [1.165, 1.54) is 11.1 Å². The predicted octanol–water partition coefficient (Wildman–Crippen LogP) is 5.20. The maximum absolute atomic E-state index is 5.65. The van der Waals surface area contributed by atoms with Crippen molar-refractivity contribution in [1.82, 2.24) is 5.32 Å². The van der Waals surface area contributed by atoms with E-state index < -0.39 is 0 Å². The molecule has 0 saturated carbocycles. The molecule has 0 unspecified atom stereocenters. The van der Waals surface area contributed by atoms with Crippen molar-refractivity contribution in [3.8, 4) is 5.75 Å². The summed E-state index contributed by atoms with van der Waals surface area (Å²) in [6.45, 7) is 3.29. The molecule has 0 radical (unpaired) electrons. The van der Waals surface area contributed by atoms with E-state index in [1.807, 2.05) is 43.3 Å². The number of thiocarbonyl (C=S) groups is 1. The molecule has 4 heteroatoms. The summed E-state index contributed by atoms with van der Waals surface area (Å²) in [6, 6.07) is 28.8. The zero-order valence-corrected chi connectivity index (χ0v) is 16.2. The van der Waals surface area contributed by atoms with Crippen LogP contribution in [0.25, 0.3) is 0 Å². The molecule has 0 heterocycles. The molecule has 0 fully saturated rings. The van der Waals surface area contributed by atoms with Crippen LogP contribution in [0.2, 0.25) is 0 Å². The Hall–Kier alpha value is -2.85. The highest BCUT2D eigenvalue weighted by atomic mass is 32.1. The fourth-order valence-electron chi connectivity index (χ4n) is 3.01. The summed E-state index contributed by atoms with van der Waals surface area (Å²) >= 11 is 5.52. The molecule has 138 valence electrons.